The number of carbonyl (C=O) groups is 2. The summed E-state index contributed by atoms with van der Waals surface area (Å²) >= 11 is 0. The Morgan fingerprint density at radius 2 is 2.17 bits per heavy atom. The summed E-state index contributed by atoms with van der Waals surface area (Å²) in [5.74, 6) is -0.859. The van der Waals surface area contributed by atoms with Gasteiger partial charge in [0.05, 0.1) is 6.61 Å². The zero-order valence-electron chi connectivity index (χ0n) is 16.3. The molecule has 29 heavy (non-hydrogen) atoms. The predicted octanol–water partition coefficient (Wildman–Crippen LogP) is 0.720. The molecular formula is C21H26N4O4. The fourth-order valence-corrected chi connectivity index (χ4v) is 3.43. The molecule has 1 heterocycles. The van der Waals surface area contributed by atoms with Crippen LogP contribution in [0.1, 0.15) is 18.9 Å². The molecule has 0 aromatic heterocycles. The number of morpholine rings is 1. The number of amidine groups is 1. The maximum Gasteiger partial charge on any atom is 0.256 e. The second kappa shape index (κ2) is 8.69. The molecule has 1 aliphatic carbocycles. The van der Waals surface area contributed by atoms with Gasteiger partial charge in [-0.2, -0.15) is 0 Å². The number of nitrogen functional groups attached to an aromatic ring is 1. The Balaban J connectivity index is 1.76. The average molecular weight is 398 g/mol. The van der Waals surface area contributed by atoms with Crippen LogP contribution in [0.2, 0.25) is 0 Å². The minimum Gasteiger partial charge on any atom is -0.384 e. The van der Waals surface area contributed by atoms with Gasteiger partial charge < -0.3 is 26.2 Å². The lowest BCUT2D eigenvalue weighted by molar-refractivity contribution is -0.157. The second-order valence-electron chi connectivity index (χ2n) is 7.42. The highest BCUT2D eigenvalue weighted by atomic mass is 16.5. The quantitative estimate of drug-likeness (QED) is 0.354. The molecule has 0 saturated carbocycles. The molecule has 1 aromatic rings. The molecule has 1 aliphatic heterocycles. The Bertz CT molecular complexity index is 854. The number of carbonyl (C=O) groups excluding carboxylic acids is 2. The van der Waals surface area contributed by atoms with Crippen molar-refractivity contribution in [2.45, 2.75) is 25.0 Å². The first kappa shape index (κ1) is 20.9. The van der Waals surface area contributed by atoms with Gasteiger partial charge in [0.1, 0.15) is 11.4 Å². The van der Waals surface area contributed by atoms with E-state index in [1.165, 1.54) is 0 Å². The van der Waals surface area contributed by atoms with Gasteiger partial charge in [-0.25, -0.2) is 0 Å². The van der Waals surface area contributed by atoms with Gasteiger partial charge in [0.25, 0.3) is 5.91 Å². The Hall–Kier alpha value is -2.81. The van der Waals surface area contributed by atoms with Crippen molar-refractivity contribution in [1.29, 1.82) is 5.41 Å². The molecule has 0 spiro atoms. The van der Waals surface area contributed by atoms with Crippen LogP contribution in [0.15, 0.2) is 48.1 Å². The zero-order valence-corrected chi connectivity index (χ0v) is 16.3. The van der Waals surface area contributed by atoms with Crippen LogP contribution in [0.4, 0.5) is 5.69 Å². The van der Waals surface area contributed by atoms with Gasteiger partial charge in [-0.15, -0.1) is 0 Å². The standard InChI is InChI=1S/C21H26N4O4/c1-13-2-3-14(10-17(13)26)11-21(12-24-8-9-29-21)18(27)20(28)25-16-6-4-15(5-7-16)19(22)23/h2-7,10,13,18,24,27H,8-9,11-12H2,1H3,(H3,22,23)(H,25,28)/t13?,18-,21+/m0/s1. The smallest absolute Gasteiger partial charge is 0.256 e. The van der Waals surface area contributed by atoms with E-state index < -0.39 is 17.6 Å². The molecule has 154 valence electrons. The van der Waals surface area contributed by atoms with Gasteiger partial charge in [0, 0.05) is 36.7 Å². The molecule has 1 amide bonds. The number of aliphatic hydroxyl groups excluding tert-OH is 1. The van der Waals surface area contributed by atoms with Crippen molar-refractivity contribution in [3.8, 4) is 0 Å². The van der Waals surface area contributed by atoms with Gasteiger partial charge in [0.2, 0.25) is 0 Å². The highest BCUT2D eigenvalue weighted by molar-refractivity contribution is 5.98. The number of allylic oxidation sites excluding steroid dienone is 3. The molecule has 1 unspecified atom stereocenters. The number of amides is 1. The van der Waals surface area contributed by atoms with Crippen LogP contribution in [-0.4, -0.2) is 54.0 Å². The topological polar surface area (TPSA) is 138 Å². The minimum absolute atomic E-state index is 0.00841. The largest absolute Gasteiger partial charge is 0.384 e. The summed E-state index contributed by atoms with van der Waals surface area (Å²) in [4.78, 5) is 24.8. The number of aliphatic hydroxyl groups is 1. The number of nitrogens with one attached hydrogen (secondary N) is 3. The summed E-state index contributed by atoms with van der Waals surface area (Å²) in [5.41, 5.74) is 5.98. The number of anilines is 1. The molecule has 0 radical (unpaired) electrons. The third-order valence-electron chi connectivity index (χ3n) is 5.18. The monoisotopic (exact) mass is 398 g/mol. The summed E-state index contributed by atoms with van der Waals surface area (Å²) in [7, 11) is 0. The molecule has 3 rings (SSSR count). The van der Waals surface area contributed by atoms with E-state index >= 15 is 0 Å². The maximum absolute atomic E-state index is 12.8. The van der Waals surface area contributed by atoms with Gasteiger partial charge in [-0.05, 0) is 35.9 Å². The van der Waals surface area contributed by atoms with Crippen LogP contribution in [0, 0.1) is 11.3 Å². The number of rotatable bonds is 6. The van der Waals surface area contributed by atoms with E-state index in [0.29, 0.717) is 24.4 Å². The summed E-state index contributed by atoms with van der Waals surface area (Å²) in [6, 6.07) is 6.45. The number of hydrogen-bond donors (Lipinski definition) is 5. The average Bonchev–Trinajstić information content (AvgIpc) is 2.71. The van der Waals surface area contributed by atoms with E-state index in [-0.39, 0.29) is 30.5 Å². The van der Waals surface area contributed by atoms with Crippen molar-refractivity contribution in [1.82, 2.24) is 5.32 Å². The van der Waals surface area contributed by atoms with Crippen LogP contribution in [0.25, 0.3) is 0 Å². The first-order valence-electron chi connectivity index (χ1n) is 9.51. The number of hydrogen-bond acceptors (Lipinski definition) is 6. The fraction of sp³-hybridized carbons (Fsp3) is 0.381. The Kier molecular flexibility index (Phi) is 6.26. The number of benzene rings is 1. The fourth-order valence-electron chi connectivity index (χ4n) is 3.43. The first-order valence-corrected chi connectivity index (χ1v) is 9.51. The molecule has 3 atom stereocenters. The van der Waals surface area contributed by atoms with Gasteiger partial charge >= 0.3 is 0 Å². The van der Waals surface area contributed by atoms with Crippen LogP contribution in [-0.2, 0) is 14.3 Å². The number of nitrogens with two attached hydrogens (primary N) is 1. The Labute approximate surface area is 169 Å². The molecular weight excluding hydrogens is 372 g/mol. The van der Waals surface area contributed by atoms with E-state index in [1.54, 1.807) is 30.3 Å². The van der Waals surface area contributed by atoms with E-state index in [1.807, 2.05) is 19.1 Å². The Morgan fingerprint density at radius 3 is 2.76 bits per heavy atom. The highest BCUT2D eigenvalue weighted by Gasteiger charge is 2.45. The van der Waals surface area contributed by atoms with E-state index in [4.69, 9.17) is 15.9 Å². The molecule has 2 aliphatic rings. The van der Waals surface area contributed by atoms with E-state index in [9.17, 15) is 14.7 Å². The number of ketones is 1. The van der Waals surface area contributed by atoms with Crippen LogP contribution in [0.5, 0.6) is 0 Å². The predicted molar refractivity (Wildman–Crippen MR) is 110 cm³/mol. The van der Waals surface area contributed by atoms with Gasteiger partial charge in [-0.1, -0.05) is 19.1 Å². The zero-order chi connectivity index (χ0) is 21.0. The third-order valence-corrected chi connectivity index (χ3v) is 5.18. The summed E-state index contributed by atoms with van der Waals surface area (Å²) in [6.45, 7) is 3.06. The molecule has 1 saturated heterocycles. The van der Waals surface area contributed by atoms with Crippen LogP contribution < -0.4 is 16.4 Å². The van der Waals surface area contributed by atoms with Crippen molar-refractivity contribution in [2.24, 2.45) is 11.7 Å². The minimum atomic E-state index is -1.45. The molecule has 1 aromatic carbocycles. The van der Waals surface area contributed by atoms with Crippen molar-refractivity contribution < 1.29 is 19.4 Å². The maximum atomic E-state index is 12.8. The van der Waals surface area contributed by atoms with Gasteiger partial charge in [-0.3, -0.25) is 15.0 Å². The summed E-state index contributed by atoms with van der Waals surface area (Å²) < 4.78 is 5.90. The van der Waals surface area contributed by atoms with Crippen LogP contribution in [0.3, 0.4) is 0 Å². The lowest BCUT2D eigenvalue weighted by Gasteiger charge is -2.41. The first-order chi connectivity index (χ1) is 13.8. The SMILES string of the molecule is CC1C=CC(C[C@]2([C@@H](O)C(=O)Nc3ccc(C(=N)N)cc3)CNCCO2)=CC1=O. The number of ether oxygens (including phenoxy) is 1. The van der Waals surface area contributed by atoms with Crippen molar-refractivity contribution >= 4 is 23.2 Å². The third kappa shape index (κ3) is 4.79. The highest BCUT2D eigenvalue weighted by Crippen LogP contribution is 2.30. The van der Waals surface area contributed by atoms with Crippen LogP contribution >= 0.6 is 0 Å². The van der Waals surface area contributed by atoms with Gasteiger partial charge in [0.15, 0.2) is 11.9 Å². The van der Waals surface area contributed by atoms with E-state index in [2.05, 4.69) is 10.6 Å². The van der Waals surface area contributed by atoms with E-state index in [0.717, 1.165) is 5.57 Å². The molecule has 8 nitrogen and oxygen atoms in total. The second-order valence-corrected chi connectivity index (χ2v) is 7.42. The molecule has 0 bridgehead atoms. The Morgan fingerprint density at radius 1 is 1.45 bits per heavy atom. The summed E-state index contributed by atoms with van der Waals surface area (Å²) in [6.07, 6.45) is 3.98. The molecule has 6 N–H and O–H groups in total. The summed E-state index contributed by atoms with van der Waals surface area (Å²) in [5, 5.41) is 24.1. The van der Waals surface area contributed by atoms with Crippen molar-refractivity contribution in [2.75, 3.05) is 25.0 Å². The van der Waals surface area contributed by atoms with Crippen molar-refractivity contribution in [3.63, 3.8) is 0 Å². The van der Waals surface area contributed by atoms with Crippen molar-refractivity contribution in [3.05, 3.63) is 53.6 Å². The molecule has 8 heteroatoms. The lowest BCUT2D eigenvalue weighted by atomic mass is 9.84. The molecule has 1 fully saturated rings. The lowest BCUT2D eigenvalue weighted by Crippen LogP contribution is -2.60. The normalized spacial score (nSPS) is 25.2.